The van der Waals surface area contributed by atoms with Crippen LogP contribution in [0, 0.1) is 5.92 Å². The summed E-state index contributed by atoms with van der Waals surface area (Å²) in [6.45, 7) is 4.01. The van der Waals surface area contributed by atoms with E-state index in [0.717, 1.165) is 19.5 Å². The molecule has 108 valence electrons. The molecular formula is C13H27ClN2O2. The Kier molecular flexibility index (Phi) is 9.42. The molecule has 0 spiro atoms. The highest BCUT2D eigenvalue weighted by molar-refractivity contribution is 5.85. The molecule has 0 heterocycles. The van der Waals surface area contributed by atoms with Crippen LogP contribution in [0.15, 0.2) is 0 Å². The molecule has 0 aliphatic heterocycles. The van der Waals surface area contributed by atoms with Crippen molar-refractivity contribution in [2.75, 3.05) is 33.8 Å². The van der Waals surface area contributed by atoms with Gasteiger partial charge in [-0.1, -0.05) is 19.8 Å². The first-order valence-corrected chi connectivity index (χ1v) is 6.65. The first kappa shape index (κ1) is 17.7. The largest absolute Gasteiger partial charge is 0.368 e. The summed E-state index contributed by atoms with van der Waals surface area (Å²) in [5.41, 5.74) is 0. The maximum Gasteiger partial charge on any atom is 0.248 e. The highest BCUT2D eigenvalue weighted by Crippen LogP contribution is 2.26. The van der Waals surface area contributed by atoms with Gasteiger partial charge in [-0.15, -0.1) is 12.4 Å². The zero-order chi connectivity index (χ0) is 12.7. The van der Waals surface area contributed by atoms with Crippen LogP contribution in [0.25, 0.3) is 0 Å². The number of amides is 1. The Bertz CT molecular complexity index is 239. The van der Waals surface area contributed by atoms with E-state index in [4.69, 9.17) is 4.74 Å². The van der Waals surface area contributed by atoms with Crippen LogP contribution < -0.4 is 5.32 Å². The van der Waals surface area contributed by atoms with Crippen molar-refractivity contribution >= 4 is 18.3 Å². The summed E-state index contributed by atoms with van der Waals surface area (Å²) in [6, 6.07) is 0. The predicted octanol–water partition coefficient (Wildman–Crippen LogP) is 1.68. The summed E-state index contributed by atoms with van der Waals surface area (Å²) in [7, 11) is 3.71. The van der Waals surface area contributed by atoms with Crippen LogP contribution in [-0.4, -0.2) is 50.7 Å². The molecule has 1 fully saturated rings. The molecule has 18 heavy (non-hydrogen) atoms. The van der Waals surface area contributed by atoms with E-state index >= 15 is 0 Å². The van der Waals surface area contributed by atoms with Crippen molar-refractivity contribution in [3.05, 3.63) is 0 Å². The van der Waals surface area contributed by atoms with Crippen LogP contribution >= 0.6 is 12.4 Å². The molecule has 0 aromatic rings. The van der Waals surface area contributed by atoms with Gasteiger partial charge in [-0.05, 0) is 25.8 Å². The third-order valence-electron chi connectivity index (χ3n) is 3.58. The molecule has 1 N–H and O–H groups in total. The number of carbonyl (C=O) groups excluding carboxylic acids is 1. The van der Waals surface area contributed by atoms with E-state index in [1.807, 2.05) is 14.1 Å². The minimum absolute atomic E-state index is 0. The molecule has 0 aromatic heterocycles. The highest BCUT2D eigenvalue weighted by atomic mass is 35.5. The van der Waals surface area contributed by atoms with E-state index in [-0.39, 0.29) is 31.0 Å². The van der Waals surface area contributed by atoms with Crippen molar-refractivity contribution in [3.8, 4) is 0 Å². The molecule has 0 saturated heterocycles. The number of hydrogen-bond donors (Lipinski definition) is 1. The van der Waals surface area contributed by atoms with Gasteiger partial charge in [0.25, 0.3) is 0 Å². The van der Waals surface area contributed by atoms with Gasteiger partial charge in [-0.25, -0.2) is 0 Å². The van der Waals surface area contributed by atoms with Gasteiger partial charge >= 0.3 is 0 Å². The van der Waals surface area contributed by atoms with Crippen molar-refractivity contribution in [2.24, 2.45) is 5.92 Å². The molecule has 1 aliphatic carbocycles. The molecule has 0 radical (unpaired) electrons. The molecule has 2 atom stereocenters. The number of hydrogen-bond acceptors (Lipinski definition) is 3. The lowest BCUT2D eigenvalue weighted by Gasteiger charge is -2.29. The number of nitrogens with zero attached hydrogens (tertiary/aromatic N) is 1. The summed E-state index contributed by atoms with van der Waals surface area (Å²) in [4.78, 5) is 13.5. The monoisotopic (exact) mass is 278 g/mol. The second kappa shape index (κ2) is 9.59. The summed E-state index contributed by atoms with van der Waals surface area (Å²) < 4.78 is 5.75. The van der Waals surface area contributed by atoms with Crippen molar-refractivity contribution in [1.29, 1.82) is 0 Å². The number of nitrogens with one attached hydrogen (secondary N) is 1. The molecule has 4 nitrogen and oxygen atoms in total. The SMILES string of the molecule is CNCCN(C)C(=O)COC1CCCCC1C.Cl. The first-order chi connectivity index (χ1) is 8.15. The fraction of sp³-hybridized carbons (Fsp3) is 0.923. The fourth-order valence-electron chi connectivity index (χ4n) is 2.22. The maximum atomic E-state index is 11.8. The molecule has 0 bridgehead atoms. The molecule has 2 unspecified atom stereocenters. The number of ether oxygens (including phenoxy) is 1. The zero-order valence-corrected chi connectivity index (χ0v) is 12.6. The summed E-state index contributed by atoms with van der Waals surface area (Å²) >= 11 is 0. The molecule has 1 saturated carbocycles. The normalized spacial score (nSPS) is 23.3. The summed E-state index contributed by atoms with van der Waals surface area (Å²) in [6.07, 6.45) is 5.16. The van der Waals surface area contributed by atoms with Crippen molar-refractivity contribution in [3.63, 3.8) is 0 Å². The van der Waals surface area contributed by atoms with Gasteiger partial charge in [-0.3, -0.25) is 4.79 Å². The van der Waals surface area contributed by atoms with Crippen molar-refractivity contribution < 1.29 is 9.53 Å². The molecule has 5 heteroatoms. The lowest BCUT2D eigenvalue weighted by atomic mass is 9.88. The average Bonchev–Trinajstić information content (AvgIpc) is 2.34. The first-order valence-electron chi connectivity index (χ1n) is 6.65. The Morgan fingerprint density at radius 3 is 2.67 bits per heavy atom. The van der Waals surface area contributed by atoms with Crippen molar-refractivity contribution in [2.45, 2.75) is 38.7 Å². The van der Waals surface area contributed by atoms with Crippen molar-refractivity contribution in [1.82, 2.24) is 10.2 Å². The van der Waals surface area contributed by atoms with Gasteiger partial charge in [0.2, 0.25) is 5.91 Å². The molecule has 0 aromatic carbocycles. The molecule has 1 aliphatic rings. The minimum atomic E-state index is 0. The minimum Gasteiger partial charge on any atom is -0.368 e. The Morgan fingerprint density at radius 2 is 2.06 bits per heavy atom. The fourth-order valence-corrected chi connectivity index (χ4v) is 2.22. The third-order valence-corrected chi connectivity index (χ3v) is 3.58. The van der Waals surface area contributed by atoms with E-state index in [9.17, 15) is 4.79 Å². The Labute approximate surface area is 117 Å². The Balaban J connectivity index is 0.00000289. The van der Waals surface area contributed by atoms with Crippen LogP contribution in [0.4, 0.5) is 0 Å². The van der Waals surface area contributed by atoms with E-state index < -0.39 is 0 Å². The lowest BCUT2D eigenvalue weighted by Crippen LogP contribution is -2.37. The topological polar surface area (TPSA) is 41.6 Å². The van der Waals surface area contributed by atoms with Gasteiger partial charge in [0, 0.05) is 20.1 Å². The van der Waals surface area contributed by atoms with Crippen LogP contribution in [0.2, 0.25) is 0 Å². The second-order valence-electron chi connectivity index (χ2n) is 5.03. The van der Waals surface area contributed by atoms with Crippen LogP contribution in [-0.2, 0) is 9.53 Å². The van der Waals surface area contributed by atoms with E-state index in [2.05, 4.69) is 12.2 Å². The number of carbonyl (C=O) groups is 1. The predicted molar refractivity (Wildman–Crippen MR) is 76.2 cm³/mol. The smallest absolute Gasteiger partial charge is 0.248 e. The van der Waals surface area contributed by atoms with Crippen LogP contribution in [0.1, 0.15) is 32.6 Å². The Hall–Kier alpha value is -0.320. The van der Waals surface area contributed by atoms with Gasteiger partial charge < -0.3 is 15.0 Å². The van der Waals surface area contributed by atoms with E-state index in [1.165, 1.54) is 19.3 Å². The van der Waals surface area contributed by atoms with Gasteiger partial charge in [0.15, 0.2) is 0 Å². The van der Waals surface area contributed by atoms with Gasteiger partial charge in [-0.2, -0.15) is 0 Å². The molecule has 1 amide bonds. The van der Waals surface area contributed by atoms with Crippen LogP contribution in [0.3, 0.4) is 0 Å². The standard InChI is InChI=1S/C13H26N2O2.ClH/c1-11-6-4-5-7-12(11)17-10-13(16)15(3)9-8-14-2;/h11-12,14H,4-10H2,1-3H3;1H. The number of likely N-dealkylation sites (N-methyl/N-ethyl adjacent to an activating group) is 2. The second-order valence-corrected chi connectivity index (χ2v) is 5.03. The number of halogens is 1. The maximum absolute atomic E-state index is 11.8. The van der Waals surface area contributed by atoms with Gasteiger partial charge in [0.1, 0.15) is 6.61 Å². The highest BCUT2D eigenvalue weighted by Gasteiger charge is 2.23. The van der Waals surface area contributed by atoms with Gasteiger partial charge in [0.05, 0.1) is 6.10 Å². The zero-order valence-electron chi connectivity index (χ0n) is 11.8. The lowest BCUT2D eigenvalue weighted by molar-refractivity contribution is -0.138. The molecular weight excluding hydrogens is 252 g/mol. The van der Waals surface area contributed by atoms with Crippen LogP contribution in [0.5, 0.6) is 0 Å². The summed E-state index contributed by atoms with van der Waals surface area (Å²) in [5.74, 6) is 0.678. The van der Waals surface area contributed by atoms with E-state index in [0.29, 0.717) is 5.92 Å². The quantitative estimate of drug-likeness (QED) is 0.804. The average molecular weight is 279 g/mol. The Morgan fingerprint density at radius 1 is 1.39 bits per heavy atom. The number of rotatable bonds is 6. The summed E-state index contributed by atoms with van der Waals surface area (Å²) in [5, 5.41) is 3.03. The van der Waals surface area contributed by atoms with E-state index in [1.54, 1.807) is 4.90 Å². The molecule has 1 rings (SSSR count). The third kappa shape index (κ3) is 6.03.